The van der Waals surface area contributed by atoms with Gasteiger partial charge in [-0.05, 0) is 139 Å². The summed E-state index contributed by atoms with van der Waals surface area (Å²) in [5.41, 5.74) is -1.63. The molecular weight excluding hydrogens is 1130 g/mol. The van der Waals surface area contributed by atoms with Crippen molar-refractivity contribution in [2.24, 2.45) is 0 Å². The van der Waals surface area contributed by atoms with Gasteiger partial charge in [0.25, 0.3) is 23.6 Å². The third-order valence-electron chi connectivity index (χ3n) is 12.1. The molecule has 0 saturated heterocycles. The van der Waals surface area contributed by atoms with Gasteiger partial charge in [0, 0.05) is 61.6 Å². The van der Waals surface area contributed by atoms with Gasteiger partial charge in [-0.25, -0.2) is 9.13 Å². The zero-order valence-corrected chi connectivity index (χ0v) is 50.6. The number of aliphatic hydroxyl groups is 4. The number of rotatable bonds is 24. The Balaban J connectivity index is 0.000000448. The molecule has 8 N–H and O–H groups in total. The van der Waals surface area contributed by atoms with E-state index in [0.29, 0.717) is 33.4 Å². The van der Waals surface area contributed by atoms with Gasteiger partial charge in [0.15, 0.2) is 36.2 Å². The number of hydrogen-bond acceptors (Lipinski definition) is 18. The van der Waals surface area contributed by atoms with Gasteiger partial charge >= 0.3 is 15.6 Å². The number of carbonyl (C=O) groups excluding carboxylic acids is 6. The van der Waals surface area contributed by atoms with E-state index in [0.717, 1.165) is 9.80 Å². The number of nitrogens with one attached hydrogen (secondary N) is 2. The zero-order chi connectivity index (χ0) is 63.4. The maximum atomic E-state index is 13.4. The third-order valence-corrected chi connectivity index (χ3v) is 14.5. The minimum Gasteiger partial charge on any atom is -0.393 e. The van der Waals surface area contributed by atoms with Crippen molar-refractivity contribution >= 4 is 50.8 Å². The van der Waals surface area contributed by atoms with E-state index >= 15 is 0 Å². The van der Waals surface area contributed by atoms with Gasteiger partial charge in [-0.15, -0.1) is 0 Å². The maximum Gasteiger partial charge on any atom is 0.477 e. The fourth-order valence-electron chi connectivity index (χ4n) is 7.18. The van der Waals surface area contributed by atoms with Crippen LogP contribution in [0.5, 0.6) is 0 Å². The van der Waals surface area contributed by atoms with Crippen molar-refractivity contribution in [3.63, 3.8) is 0 Å². The number of carbonyl (C=O) groups is 6. The molecule has 0 radical (unpaired) electrons. The van der Waals surface area contributed by atoms with E-state index in [9.17, 15) is 48.1 Å². The van der Waals surface area contributed by atoms with Crippen molar-refractivity contribution in [2.45, 2.75) is 89.9 Å². The number of aliphatic hydroxyl groups excluding tert-OH is 4. The normalized spacial score (nSPS) is 13.7. The first-order valence-electron chi connectivity index (χ1n) is 25.7. The number of amides is 4. The van der Waals surface area contributed by atoms with Gasteiger partial charge in [0.2, 0.25) is 0 Å². The average Bonchev–Trinajstić information content (AvgIpc) is 2.22. The molecule has 4 atom stereocenters. The lowest BCUT2D eigenvalue weighted by Gasteiger charge is -2.35. The Morgan fingerprint density at radius 1 is 0.512 bits per heavy atom. The van der Waals surface area contributed by atoms with Crippen LogP contribution >= 0.6 is 15.6 Å². The summed E-state index contributed by atoms with van der Waals surface area (Å²) in [5, 5.41) is 42.2. The van der Waals surface area contributed by atoms with Gasteiger partial charge in [0.05, 0.1) is 24.4 Å². The molecule has 0 aromatic heterocycles. The minimum atomic E-state index is -4.81. The van der Waals surface area contributed by atoms with Crippen LogP contribution in [0.25, 0.3) is 0 Å². The second-order valence-electron chi connectivity index (χ2n) is 20.7. The third kappa shape index (κ3) is 21.4. The lowest BCUT2D eigenvalue weighted by atomic mass is 9.92. The van der Waals surface area contributed by atoms with E-state index in [1.807, 2.05) is 0 Å². The largest absolute Gasteiger partial charge is 0.477 e. The average molecular weight is 1210 g/mol. The summed E-state index contributed by atoms with van der Waals surface area (Å²) in [6.07, 6.45) is -1.92. The standard InChI is InChI=1S/C33H45N2O10P.C25H29N2O10P/c1-31(2,3)44-46(41,45-32(4,5)6)43-22-42-21-28(38)33(7,30(40)34-8)35(9)29(39)26-18-14-24(15-19-26)11-10-23-12-16-25(17-13-23)27(37)20-36;1-25(24(32)26-2,22(30)15-36-16-37-38(33,34)35)27(3)23(31)20-12-8-18(9-13-20)5-4-17-6-10-19(11-7-17)21(29)14-28/h12-19,27,36-37H,20-22H2,1-9H3,(H,34,40);6-13,21,28-29H,14-16H2,1-3H3,(H,26,32)(H2,33,34,35)/t27-,33-;21-,25-/m11/s1. The molecule has 0 saturated carbocycles. The van der Waals surface area contributed by atoms with E-state index in [-0.39, 0.29) is 24.3 Å². The summed E-state index contributed by atoms with van der Waals surface area (Å²) >= 11 is 0. The lowest BCUT2D eigenvalue weighted by Crippen LogP contribution is -2.62. The quantitative estimate of drug-likeness (QED) is 0.0159. The molecule has 0 unspecified atom stereocenters. The highest BCUT2D eigenvalue weighted by atomic mass is 31.2. The fourth-order valence-corrected chi connectivity index (χ4v) is 9.08. The summed E-state index contributed by atoms with van der Waals surface area (Å²) in [6.45, 7) is 8.88. The fraction of sp³-hybridized carbons (Fsp3) is 0.414. The Labute approximate surface area is 488 Å². The van der Waals surface area contributed by atoms with Crippen LogP contribution in [0.3, 0.4) is 0 Å². The topological polar surface area (TPSA) is 344 Å². The molecule has 0 spiro atoms. The minimum absolute atomic E-state index is 0.175. The SMILES string of the molecule is CNC(=O)[C@@](C)(C(=O)COCOP(=O)(O)O)N(C)C(=O)c1ccc(C#Cc2ccc([C@H](O)CO)cc2)cc1.CNC(=O)[C@@](C)(C(=O)COCOP(=O)(OC(C)(C)C)OC(C)(C)C)N(C)C(=O)c1ccc(C#Cc2ccc([C@H](O)CO)cc2)cc1. The molecule has 0 aliphatic carbocycles. The molecule has 456 valence electrons. The second-order valence-corrected chi connectivity index (χ2v) is 23.5. The van der Waals surface area contributed by atoms with Crippen LogP contribution in [0.2, 0.25) is 0 Å². The molecule has 4 aromatic rings. The highest BCUT2D eigenvalue weighted by Crippen LogP contribution is 2.55. The van der Waals surface area contributed by atoms with E-state index < -0.39 is 112 Å². The highest BCUT2D eigenvalue weighted by Gasteiger charge is 2.48. The summed E-state index contributed by atoms with van der Waals surface area (Å²) in [5.74, 6) is 7.49. The van der Waals surface area contributed by atoms with Gasteiger partial charge in [0.1, 0.15) is 25.4 Å². The number of benzene rings is 4. The second kappa shape index (κ2) is 31.4. The van der Waals surface area contributed by atoms with E-state index in [1.54, 1.807) is 114 Å². The molecule has 24 nitrogen and oxygen atoms in total. The predicted molar refractivity (Wildman–Crippen MR) is 306 cm³/mol. The first kappa shape index (κ1) is 71.5. The highest BCUT2D eigenvalue weighted by molar-refractivity contribution is 7.48. The number of ketones is 2. The monoisotopic (exact) mass is 1210 g/mol. The van der Waals surface area contributed by atoms with E-state index in [1.165, 1.54) is 66.3 Å². The molecule has 4 amide bonds. The van der Waals surface area contributed by atoms with Crippen molar-refractivity contribution in [3.8, 4) is 23.7 Å². The molecular formula is C58H74N4O20P2. The van der Waals surface area contributed by atoms with Crippen LogP contribution in [0.15, 0.2) is 97.1 Å². The molecule has 0 fully saturated rings. The van der Waals surface area contributed by atoms with E-state index in [4.69, 9.17) is 43.0 Å². The van der Waals surface area contributed by atoms with Crippen LogP contribution in [-0.2, 0) is 55.9 Å². The molecule has 0 bridgehead atoms. The Kier molecular flexibility index (Phi) is 26.7. The predicted octanol–water partition coefficient (Wildman–Crippen LogP) is 4.33. The number of phosphoric acid groups is 2. The van der Waals surface area contributed by atoms with Crippen LogP contribution in [-0.4, -0.2) is 166 Å². The molecule has 0 aliphatic heterocycles. The number of Topliss-reactive ketones (excluding diaryl/α,β-unsaturated/α-hetero) is 2. The number of ether oxygens (including phenoxy) is 2. The summed E-state index contributed by atoms with van der Waals surface area (Å²) in [4.78, 5) is 97.7. The number of hydrogen-bond donors (Lipinski definition) is 8. The van der Waals surface area contributed by atoms with Gasteiger partial charge in [-0.1, -0.05) is 47.9 Å². The van der Waals surface area contributed by atoms with Crippen molar-refractivity contribution < 1.29 is 95.7 Å². The van der Waals surface area contributed by atoms with Crippen molar-refractivity contribution in [2.75, 3.05) is 68.2 Å². The van der Waals surface area contributed by atoms with Crippen LogP contribution in [0.4, 0.5) is 0 Å². The van der Waals surface area contributed by atoms with Gasteiger partial charge in [-0.3, -0.25) is 46.9 Å². The van der Waals surface area contributed by atoms with Gasteiger partial charge < -0.3 is 60.1 Å². The molecule has 26 heteroatoms. The molecule has 4 aromatic carbocycles. The summed E-state index contributed by atoms with van der Waals surface area (Å²) in [6, 6.07) is 26.0. The number of phosphoric ester groups is 2. The Hall–Kier alpha value is -6.80. The Morgan fingerprint density at radius 3 is 1.06 bits per heavy atom. The van der Waals surface area contributed by atoms with E-state index in [2.05, 4.69) is 38.8 Å². The van der Waals surface area contributed by atoms with Crippen molar-refractivity contribution in [3.05, 3.63) is 142 Å². The molecule has 0 heterocycles. The number of likely N-dealkylation sites (N-methyl/N-ethyl adjacent to an activating group) is 4. The van der Waals surface area contributed by atoms with Crippen molar-refractivity contribution in [1.29, 1.82) is 0 Å². The Morgan fingerprint density at radius 2 is 0.798 bits per heavy atom. The molecule has 4 rings (SSSR count). The maximum absolute atomic E-state index is 13.4. The molecule has 0 aliphatic rings. The van der Waals surface area contributed by atoms with Crippen LogP contribution in [0.1, 0.15) is 122 Å². The summed E-state index contributed by atoms with van der Waals surface area (Å²) in [7, 11) is -3.67. The first-order valence-corrected chi connectivity index (χ1v) is 28.7. The van der Waals surface area contributed by atoms with Crippen LogP contribution < -0.4 is 10.6 Å². The zero-order valence-electron chi connectivity index (χ0n) is 48.8. The first-order chi connectivity index (χ1) is 39.1. The molecule has 84 heavy (non-hydrogen) atoms. The van der Waals surface area contributed by atoms with Gasteiger partial charge in [-0.2, -0.15) is 0 Å². The Bertz CT molecular complexity index is 3120. The summed E-state index contributed by atoms with van der Waals surface area (Å²) < 4.78 is 54.6. The number of nitrogens with zero attached hydrogens (tertiary/aromatic N) is 2. The van der Waals surface area contributed by atoms with Crippen molar-refractivity contribution in [1.82, 2.24) is 20.4 Å². The lowest BCUT2D eigenvalue weighted by molar-refractivity contribution is -0.147. The smallest absolute Gasteiger partial charge is 0.393 e. The van der Waals surface area contributed by atoms with Crippen LogP contribution in [0, 0.1) is 23.7 Å².